The van der Waals surface area contributed by atoms with Crippen molar-refractivity contribution in [1.82, 2.24) is 9.88 Å². The molecule has 2 aromatic carbocycles. The second-order valence-electron chi connectivity index (χ2n) is 6.45. The first-order chi connectivity index (χ1) is 12.5. The van der Waals surface area contributed by atoms with Crippen LogP contribution in [0.5, 0.6) is 0 Å². The van der Waals surface area contributed by atoms with Crippen molar-refractivity contribution in [3.8, 4) is 10.6 Å². The zero-order valence-corrected chi connectivity index (χ0v) is 16.6. The Morgan fingerprint density at radius 2 is 1.77 bits per heavy atom. The van der Waals surface area contributed by atoms with Crippen molar-refractivity contribution in [3.63, 3.8) is 0 Å². The van der Waals surface area contributed by atoms with Gasteiger partial charge in [0.05, 0.1) is 5.69 Å². The molecule has 0 radical (unpaired) electrons. The van der Waals surface area contributed by atoms with Crippen LogP contribution in [0.4, 0.5) is 0 Å². The Bertz CT molecular complexity index is 888. The Morgan fingerprint density at radius 3 is 2.38 bits per heavy atom. The Morgan fingerprint density at radius 1 is 1.12 bits per heavy atom. The molecule has 0 N–H and O–H groups in total. The second-order valence-corrected chi connectivity index (χ2v) is 7.89. The van der Waals surface area contributed by atoms with Crippen LogP contribution < -0.4 is 0 Å². The number of carbonyl (C=O) groups is 1. The molecule has 3 rings (SSSR count). The van der Waals surface area contributed by atoms with Gasteiger partial charge >= 0.3 is 0 Å². The van der Waals surface area contributed by atoms with Gasteiger partial charge in [-0.15, -0.1) is 11.3 Å². The standard InChI is InChI=1S/C21H21ClN2OS/c1-14(2)24(13-16-7-5-4-6-8-16)21(25)19-15(3)23-20(26-19)17-9-11-18(22)12-10-17/h4-12,14H,13H2,1-3H3. The molecule has 26 heavy (non-hydrogen) atoms. The first kappa shape index (κ1) is 18.6. The molecular formula is C21H21ClN2OS. The van der Waals surface area contributed by atoms with Crippen molar-refractivity contribution in [3.05, 3.63) is 75.8 Å². The fourth-order valence-electron chi connectivity index (χ4n) is 2.71. The van der Waals surface area contributed by atoms with E-state index in [0.717, 1.165) is 21.8 Å². The maximum Gasteiger partial charge on any atom is 0.266 e. The minimum Gasteiger partial charge on any atom is -0.331 e. The summed E-state index contributed by atoms with van der Waals surface area (Å²) in [6.07, 6.45) is 0. The summed E-state index contributed by atoms with van der Waals surface area (Å²) in [7, 11) is 0. The number of benzene rings is 2. The van der Waals surface area contributed by atoms with Crippen molar-refractivity contribution in [2.45, 2.75) is 33.4 Å². The summed E-state index contributed by atoms with van der Waals surface area (Å²) in [6, 6.07) is 17.7. The van der Waals surface area contributed by atoms with E-state index in [1.54, 1.807) is 0 Å². The van der Waals surface area contributed by atoms with E-state index in [0.29, 0.717) is 16.4 Å². The molecule has 3 aromatic rings. The van der Waals surface area contributed by atoms with Gasteiger partial charge in [-0.3, -0.25) is 4.79 Å². The zero-order valence-electron chi connectivity index (χ0n) is 15.1. The first-order valence-electron chi connectivity index (χ1n) is 8.54. The Labute approximate surface area is 163 Å². The molecule has 0 unspecified atom stereocenters. The van der Waals surface area contributed by atoms with E-state index in [-0.39, 0.29) is 11.9 Å². The van der Waals surface area contributed by atoms with Gasteiger partial charge in [0, 0.05) is 23.2 Å². The summed E-state index contributed by atoms with van der Waals surface area (Å²) in [5, 5.41) is 1.53. The smallest absolute Gasteiger partial charge is 0.266 e. The summed E-state index contributed by atoms with van der Waals surface area (Å²) in [6.45, 7) is 6.56. The lowest BCUT2D eigenvalue weighted by atomic mass is 10.2. The van der Waals surface area contributed by atoms with E-state index in [1.165, 1.54) is 11.3 Å². The van der Waals surface area contributed by atoms with Crippen LogP contribution >= 0.6 is 22.9 Å². The quantitative estimate of drug-likeness (QED) is 0.555. The molecule has 0 saturated heterocycles. The summed E-state index contributed by atoms with van der Waals surface area (Å²) < 4.78 is 0. The van der Waals surface area contributed by atoms with Crippen molar-refractivity contribution in [1.29, 1.82) is 0 Å². The molecule has 5 heteroatoms. The van der Waals surface area contributed by atoms with Crippen molar-refractivity contribution < 1.29 is 4.79 Å². The summed E-state index contributed by atoms with van der Waals surface area (Å²) in [5.41, 5.74) is 2.86. The summed E-state index contributed by atoms with van der Waals surface area (Å²) >= 11 is 7.40. The number of rotatable bonds is 5. The molecule has 0 spiro atoms. The van der Waals surface area contributed by atoms with Crippen LogP contribution in [0.3, 0.4) is 0 Å². The molecule has 0 atom stereocenters. The van der Waals surface area contributed by atoms with Gasteiger partial charge in [0.2, 0.25) is 0 Å². The molecule has 0 aliphatic heterocycles. The predicted molar refractivity (Wildman–Crippen MR) is 109 cm³/mol. The van der Waals surface area contributed by atoms with Crippen LogP contribution in [-0.2, 0) is 6.54 Å². The lowest BCUT2D eigenvalue weighted by molar-refractivity contribution is 0.0694. The largest absolute Gasteiger partial charge is 0.331 e. The monoisotopic (exact) mass is 384 g/mol. The van der Waals surface area contributed by atoms with Crippen LogP contribution in [0, 0.1) is 6.92 Å². The Hall–Kier alpha value is -2.17. The molecule has 1 aromatic heterocycles. The second kappa shape index (κ2) is 8.02. The minimum absolute atomic E-state index is 0.0269. The Kier molecular flexibility index (Phi) is 5.74. The van der Waals surface area contributed by atoms with Crippen molar-refractivity contribution >= 4 is 28.8 Å². The number of halogens is 1. The van der Waals surface area contributed by atoms with Crippen molar-refractivity contribution in [2.75, 3.05) is 0 Å². The van der Waals surface area contributed by atoms with Gasteiger partial charge in [-0.1, -0.05) is 54.1 Å². The molecule has 3 nitrogen and oxygen atoms in total. The van der Waals surface area contributed by atoms with Crippen LogP contribution in [0.15, 0.2) is 54.6 Å². The van der Waals surface area contributed by atoms with Gasteiger partial charge in [-0.25, -0.2) is 4.98 Å². The first-order valence-corrected chi connectivity index (χ1v) is 9.73. The number of aryl methyl sites for hydroxylation is 1. The average Bonchev–Trinajstić information content (AvgIpc) is 3.02. The van der Waals surface area contributed by atoms with Crippen LogP contribution in [0.25, 0.3) is 10.6 Å². The van der Waals surface area contributed by atoms with E-state index in [1.807, 2.05) is 80.3 Å². The summed E-state index contributed by atoms with van der Waals surface area (Å²) in [4.78, 5) is 20.4. The number of amides is 1. The molecule has 0 aliphatic rings. The highest BCUT2D eigenvalue weighted by Crippen LogP contribution is 2.30. The predicted octanol–water partition coefficient (Wildman–Crippen LogP) is 5.82. The zero-order chi connectivity index (χ0) is 18.7. The average molecular weight is 385 g/mol. The van der Waals surface area contributed by atoms with E-state index in [2.05, 4.69) is 4.98 Å². The van der Waals surface area contributed by atoms with Gasteiger partial charge < -0.3 is 4.90 Å². The van der Waals surface area contributed by atoms with E-state index < -0.39 is 0 Å². The van der Waals surface area contributed by atoms with E-state index in [4.69, 9.17) is 11.6 Å². The van der Waals surface area contributed by atoms with Crippen LogP contribution in [0.1, 0.15) is 34.8 Å². The molecule has 0 fully saturated rings. The lowest BCUT2D eigenvalue weighted by Gasteiger charge is -2.26. The van der Waals surface area contributed by atoms with E-state index >= 15 is 0 Å². The molecule has 0 bridgehead atoms. The maximum absolute atomic E-state index is 13.2. The highest BCUT2D eigenvalue weighted by atomic mass is 35.5. The lowest BCUT2D eigenvalue weighted by Crippen LogP contribution is -2.36. The highest BCUT2D eigenvalue weighted by Gasteiger charge is 2.24. The number of carbonyl (C=O) groups excluding carboxylic acids is 1. The molecule has 0 aliphatic carbocycles. The Balaban J connectivity index is 1.88. The molecule has 134 valence electrons. The van der Waals surface area contributed by atoms with Gasteiger partial charge in [-0.05, 0) is 38.5 Å². The van der Waals surface area contributed by atoms with Crippen LogP contribution in [0.2, 0.25) is 5.02 Å². The topological polar surface area (TPSA) is 33.2 Å². The number of hydrogen-bond donors (Lipinski definition) is 0. The van der Waals surface area contributed by atoms with Gasteiger partial charge in [0.1, 0.15) is 9.88 Å². The van der Waals surface area contributed by atoms with Gasteiger partial charge in [-0.2, -0.15) is 0 Å². The van der Waals surface area contributed by atoms with Crippen molar-refractivity contribution in [2.24, 2.45) is 0 Å². The summed E-state index contributed by atoms with van der Waals surface area (Å²) in [5.74, 6) is 0.0269. The van der Waals surface area contributed by atoms with Gasteiger partial charge in [0.25, 0.3) is 5.91 Å². The third-order valence-electron chi connectivity index (χ3n) is 4.16. The number of thiazole rings is 1. The third kappa shape index (κ3) is 4.14. The SMILES string of the molecule is Cc1nc(-c2ccc(Cl)cc2)sc1C(=O)N(Cc1ccccc1)C(C)C. The number of hydrogen-bond acceptors (Lipinski definition) is 3. The van der Waals surface area contributed by atoms with E-state index in [9.17, 15) is 4.79 Å². The van der Waals surface area contributed by atoms with Crippen LogP contribution in [-0.4, -0.2) is 21.8 Å². The highest BCUT2D eigenvalue weighted by molar-refractivity contribution is 7.17. The molecular weight excluding hydrogens is 364 g/mol. The number of aromatic nitrogens is 1. The fraction of sp³-hybridized carbons (Fsp3) is 0.238. The third-order valence-corrected chi connectivity index (χ3v) is 5.61. The minimum atomic E-state index is 0.0269. The number of nitrogens with zero attached hydrogens (tertiary/aromatic N) is 2. The normalized spacial score (nSPS) is 11.0. The molecule has 0 saturated carbocycles. The maximum atomic E-state index is 13.2. The molecule has 1 heterocycles. The fourth-order valence-corrected chi connectivity index (χ4v) is 3.86. The molecule has 1 amide bonds. The van der Waals surface area contributed by atoms with Gasteiger partial charge in [0.15, 0.2) is 0 Å².